The summed E-state index contributed by atoms with van der Waals surface area (Å²) in [4.78, 5) is 2.36. The van der Waals surface area contributed by atoms with Crippen LogP contribution < -0.4 is 5.32 Å². The second kappa shape index (κ2) is 3.93. The summed E-state index contributed by atoms with van der Waals surface area (Å²) in [7, 11) is 2.16. The molecule has 0 bridgehead atoms. The van der Waals surface area contributed by atoms with E-state index in [0.29, 0.717) is 12.1 Å². The van der Waals surface area contributed by atoms with E-state index >= 15 is 0 Å². The van der Waals surface area contributed by atoms with Gasteiger partial charge in [0.05, 0.1) is 6.04 Å². The monoisotopic (exact) mass is 166 g/mol. The predicted octanol–water partition coefficient (Wildman–Crippen LogP) is 0.690. The van der Waals surface area contributed by atoms with Crippen LogP contribution >= 0.6 is 0 Å². The second-order valence-electron chi connectivity index (χ2n) is 3.78. The van der Waals surface area contributed by atoms with Gasteiger partial charge in [-0.3, -0.25) is 5.32 Å². The highest BCUT2D eigenvalue weighted by atomic mass is 15.2. The van der Waals surface area contributed by atoms with Crippen LogP contribution in [0.25, 0.3) is 0 Å². The Kier molecular flexibility index (Phi) is 3.13. The number of nitrogens with zero attached hydrogens (tertiary/aromatic N) is 1. The summed E-state index contributed by atoms with van der Waals surface area (Å²) in [6.45, 7) is 5.40. The molecule has 1 aliphatic rings. The van der Waals surface area contributed by atoms with Crippen LogP contribution in [0.3, 0.4) is 0 Å². The molecular weight excluding hydrogens is 148 g/mol. The lowest BCUT2D eigenvalue weighted by molar-refractivity contribution is 0.326. The normalized spacial score (nSPS) is 33.2. The summed E-state index contributed by atoms with van der Waals surface area (Å²) in [6, 6.07) is 1.47. The number of hydrogen-bond acceptors (Lipinski definition) is 2. The molecule has 3 atom stereocenters. The second-order valence-corrected chi connectivity index (χ2v) is 3.78. The zero-order valence-corrected chi connectivity index (χ0v) is 8.17. The molecule has 1 aliphatic heterocycles. The van der Waals surface area contributed by atoms with Gasteiger partial charge in [0.2, 0.25) is 0 Å². The summed E-state index contributed by atoms with van der Waals surface area (Å²) < 4.78 is 0. The molecule has 0 amide bonds. The Bertz CT molecular complexity index is 173. The maximum atomic E-state index is 5.29. The Balaban J connectivity index is 2.33. The third kappa shape index (κ3) is 2.23. The minimum absolute atomic E-state index is 0.202. The van der Waals surface area contributed by atoms with E-state index in [1.165, 1.54) is 6.42 Å². The molecule has 0 aromatic heterocycles. The highest BCUT2D eigenvalue weighted by Gasteiger charge is 2.26. The minimum atomic E-state index is 0.202. The molecule has 0 aromatic carbocycles. The molecule has 3 unspecified atom stereocenters. The van der Waals surface area contributed by atoms with E-state index in [4.69, 9.17) is 6.42 Å². The van der Waals surface area contributed by atoms with Gasteiger partial charge in [0.1, 0.15) is 0 Å². The first-order valence-corrected chi connectivity index (χ1v) is 4.56. The number of hydrogen-bond donors (Lipinski definition) is 1. The fraction of sp³-hybridized carbons (Fsp3) is 0.800. The predicted molar refractivity (Wildman–Crippen MR) is 51.9 cm³/mol. The van der Waals surface area contributed by atoms with E-state index in [2.05, 4.69) is 30.1 Å². The standard InChI is InChI=1S/C10H18N2/c1-5-8(2)11-10-6-9(3)12(4)7-10/h1,8-11H,6-7H2,2-4H3. The SMILES string of the molecule is C#CC(C)NC1CC(C)N(C)C1. The van der Waals surface area contributed by atoms with Gasteiger partial charge in [0.25, 0.3) is 0 Å². The Labute approximate surface area is 75.3 Å². The lowest BCUT2D eigenvalue weighted by atomic mass is 10.2. The van der Waals surface area contributed by atoms with Gasteiger partial charge in [0, 0.05) is 18.6 Å². The lowest BCUT2D eigenvalue weighted by Crippen LogP contribution is -2.37. The van der Waals surface area contributed by atoms with Gasteiger partial charge in [-0.05, 0) is 27.3 Å². The smallest absolute Gasteiger partial charge is 0.0660 e. The quantitative estimate of drug-likeness (QED) is 0.607. The van der Waals surface area contributed by atoms with E-state index < -0.39 is 0 Å². The largest absolute Gasteiger partial charge is 0.302 e. The summed E-state index contributed by atoms with van der Waals surface area (Å²) >= 11 is 0. The van der Waals surface area contributed by atoms with Crippen molar-refractivity contribution >= 4 is 0 Å². The van der Waals surface area contributed by atoms with Crippen LogP contribution in [0.1, 0.15) is 20.3 Å². The van der Waals surface area contributed by atoms with Crippen LogP contribution in [-0.2, 0) is 0 Å². The van der Waals surface area contributed by atoms with Gasteiger partial charge < -0.3 is 4.90 Å². The summed E-state index contributed by atoms with van der Waals surface area (Å²) in [5.74, 6) is 2.69. The van der Waals surface area contributed by atoms with Crippen molar-refractivity contribution in [3.63, 3.8) is 0 Å². The average Bonchev–Trinajstić information content (AvgIpc) is 2.31. The van der Waals surface area contributed by atoms with E-state index in [-0.39, 0.29) is 6.04 Å². The molecule has 1 N–H and O–H groups in total. The van der Waals surface area contributed by atoms with Gasteiger partial charge in [-0.1, -0.05) is 5.92 Å². The topological polar surface area (TPSA) is 15.3 Å². The first-order chi connectivity index (χ1) is 5.63. The number of terminal acetylenes is 1. The first-order valence-electron chi connectivity index (χ1n) is 4.56. The fourth-order valence-corrected chi connectivity index (χ4v) is 1.72. The highest BCUT2D eigenvalue weighted by Crippen LogP contribution is 2.14. The average molecular weight is 166 g/mol. The van der Waals surface area contributed by atoms with E-state index in [1.807, 2.05) is 6.92 Å². The number of likely N-dealkylation sites (N-methyl/N-ethyl adjacent to an activating group) is 1. The number of rotatable bonds is 2. The highest BCUT2D eigenvalue weighted by molar-refractivity contribution is 4.99. The zero-order chi connectivity index (χ0) is 9.14. The van der Waals surface area contributed by atoms with Gasteiger partial charge in [0.15, 0.2) is 0 Å². The van der Waals surface area contributed by atoms with Crippen molar-refractivity contribution in [1.29, 1.82) is 0 Å². The number of nitrogens with one attached hydrogen (secondary N) is 1. The van der Waals surface area contributed by atoms with E-state index in [9.17, 15) is 0 Å². The lowest BCUT2D eigenvalue weighted by Gasteiger charge is -2.14. The summed E-state index contributed by atoms with van der Waals surface area (Å²) in [5, 5.41) is 3.41. The van der Waals surface area contributed by atoms with Crippen LogP contribution in [-0.4, -0.2) is 36.6 Å². The van der Waals surface area contributed by atoms with Crippen molar-refractivity contribution in [2.24, 2.45) is 0 Å². The van der Waals surface area contributed by atoms with Gasteiger partial charge >= 0.3 is 0 Å². The fourth-order valence-electron chi connectivity index (χ4n) is 1.72. The van der Waals surface area contributed by atoms with Crippen molar-refractivity contribution in [1.82, 2.24) is 10.2 Å². The van der Waals surface area contributed by atoms with Crippen molar-refractivity contribution in [3.05, 3.63) is 0 Å². The Morgan fingerprint density at radius 1 is 1.67 bits per heavy atom. The Morgan fingerprint density at radius 3 is 2.75 bits per heavy atom. The maximum Gasteiger partial charge on any atom is 0.0660 e. The number of likely N-dealkylation sites (tertiary alicyclic amines) is 1. The molecule has 1 fully saturated rings. The molecule has 0 aromatic rings. The summed E-state index contributed by atoms with van der Waals surface area (Å²) in [6.07, 6.45) is 6.50. The van der Waals surface area contributed by atoms with Crippen molar-refractivity contribution < 1.29 is 0 Å². The molecule has 1 heterocycles. The van der Waals surface area contributed by atoms with Gasteiger partial charge in [-0.15, -0.1) is 6.42 Å². The third-order valence-electron chi connectivity index (χ3n) is 2.62. The molecule has 0 aliphatic carbocycles. The van der Waals surface area contributed by atoms with Crippen LogP contribution in [0.15, 0.2) is 0 Å². The Morgan fingerprint density at radius 2 is 2.33 bits per heavy atom. The maximum absolute atomic E-state index is 5.29. The molecule has 12 heavy (non-hydrogen) atoms. The molecule has 0 radical (unpaired) electrons. The molecular formula is C10H18N2. The van der Waals surface area contributed by atoms with Crippen LogP contribution in [0.5, 0.6) is 0 Å². The van der Waals surface area contributed by atoms with Crippen LogP contribution in [0.4, 0.5) is 0 Å². The van der Waals surface area contributed by atoms with E-state index in [1.54, 1.807) is 0 Å². The van der Waals surface area contributed by atoms with Crippen molar-refractivity contribution in [3.8, 4) is 12.3 Å². The molecule has 2 heteroatoms. The van der Waals surface area contributed by atoms with Crippen LogP contribution in [0.2, 0.25) is 0 Å². The zero-order valence-electron chi connectivity index (χ0n) is 8.17. The van der Waals surface area contributed by atoms with Gasteiger partial charge in [-0.25, -0.2) is 0 Å². The molecule has 0 spiro atoms. The third-order valence-corrected chi connectivity index (χ3v) is 2.62. The van der Waals surface area contributed by atoms with Gasteiger partial charge in [-0.2, -0.15) is 0 Å². The van der Waals surface area contributed by atoms with Crippen LogP contribution in [0, 0.1) is 12.3 Å². The van der Waals surface area contributed by atoms with Crippen molar-refractivity contribution in [2.75, 3.05) is 13.6 Å². The minimum Gasteiger partial charge on any atom is -0.302 e. The molecule has 68 valence electrons. The molecule has 1 saturated heterocycles. The van der Waals surface area contributed by atoms with E-state index in [0.717, 1.165) is 6.54 Å². The summed E-state index contributed by atoms with van der Waals surface area (Å²) in [5.41, 5.74) is 0. The molecule has 2 nitrogen and oxygen atoms in total. The first kappa shape index (κ1) is 9.57. The molecule has 1 rings (SSSR count). The Hall–Kier alpha value is -0.520. The molecule has 0 saturated carbocycles. The van der Waals surface area contributed by atoms with Crippen molar-refractivity contribution in [2.45, 2.75) is 38.4 Å².